The summed E-state index contributed by atoms with van der Waals surface area (Å²) < 4.78 is 4.96. The van der Waals surface area contributed by atoms with Gasteiger partial charge in [-0.3, -0.25) is 0 Å². The van der Waals surface area contributed by atoms with Crippen molar-refractivity contribution in [1.29, 1.82) is 0 Å². The van der Waals surface area contributed by atoms with Gasteiger partial charge in [0.2, 0.25) is 0 Å². The molecule has 0 saturated carbocycles. The molecule has 0 saturated heterocycles. The smallest absolute Gasteiger partial charge is 0.421 e. The van der Waals surface area contributed by atoms with Gasteiger partial charge in [0.05, 0.1) is 0 Å². The number of unbranched alkanes of at least 4 members (excludes halogenated alkanes) is 1. The lowest BCUT2D eigenvalue weighted by molar-refractivity contribution is -0.138. The molecular formula is C16H18N2O2. The lowest BCUT2D eigenvalue weighted by Crippen LogP contribution is -2.16. The molecule has 0 bridgehead atoms. The SMILES string of the molecule is CCC/C=C\COC(=O)C(/C=C/c1ccccc1)=[N+]=[N-]. The Labute approximate surface area is 119 Å². The summed E-state index contributed by atoms with van der Waals surface area (Å²) in [4.78, 5) is 14.6. The van der Waals surface area contributed by atoms with Crippen molar-refractivity contribution in [2.45, 2.75) is 19.8 Å². The van der Waals surface area contributed by atoms with Crippen LogP contribution in [0, 0.1) is 0 Å². The molecule has 4 heteroatoms. The van der Waals surface area contributed by atoms with Crippen molar-refractivity contribution in [2.24, 2.45) is 0 Å². The fraction of sp³-hybridized carbons (Fsp3) is 0.250. The second kappa shape index (κ2) is 9.48. The zero-order valence-electron chi connectivity index (χ0n) is 11.5. The topological polar surface area (TPSA) is 62.7 Å². The summed E-state index contributed by atoms with van der Waals surface area (Å²) in [7, 11) is 0. The van der Waals surface area contributed by atoms with Crippen LogP contribution in [0.25, 0.3) is 11.6 Å². The number of carbonyl (C=O) groups excluding carboxylic acids is 1. The average Bonchev–Trinajstić information content (AvgIpc) is 2.48. The molecule has 0 unspecified atom stereocenters. The molecule has 0 atom stereocenters. The summed E-state index contributed by atoms with van der Waals surface area (Å²) in [5.74, 6) is -0.652. The first-order chi connectivity index (χ1) is 9.77. The third-order valence-electron chi connectivity index (χ3n) is 2.48. The molecule has 20 heavy (non-hydrogen) atoms. The maximum Gasteiger partial charge on any atom is 0.421 e. The second-order valence-electron chi connectivity index (χ2n) is 4.09. The van der Waals surface area contributed by atoms with Crippen LogP contribution in [0.1, 0.15) is 25.3 Å². The molecular weight excluding hydrogens is 252 g/mol. The Morgan fingerprint density at radius 1 is 1.30 bits per heavy atom. The largest absolute Gasteiger partial charge is 0.453 e. The van der Waals surface area contributed by atoms with E-state index in [9.17, 15) is 4.79 Å². The molecule has 0 aliphatic heterocycles. The standard InChI is InChI=1S/C16H18N2O2/c1-2-3-4-8-13-20-16(19)15(18-17)12-11-14-9-6-5-7-10-14/h4-12H,2-3,13H2,1H3/b8-4-,12-11+. The summed E-state index contributed by atoms with van der Waals surface area (Å²) in [6.07, 6.45) is 8.83. The predicted octanol–water partition coefficient (Wildman–Crippen LogP) is 3.27. The van der Waals surface area contributed by atoms with Gasteiger partial charge in [-0.15, -0.1) is 0 Å². The van der Waals surface area contributed by atoms with E-state index in [1.807, 2.05) is 36.4 Å². The maximum absolute atomic E-state index is 11.6. The van der Waals surface area contributed by atoms with Gasteiger partial charge >= 0.3 is 11.7 Å². The summed E-state index contributed by atoms with van der Waals surface area (Å²) in [6.45, 7) is 2.25. The molecule has 0 amide bonds. The van der Waals surface area contributed by atoms with Gasteiger partial charge in [-0.2, -0.15) is 4.79 Å². The average molecular weight is 270 g/mol. The molecule has 1 aromatic carbocycles. The molecule has 104 valence electrons. The zero-order chi connectivity index (χ0) is 14.6. The van der Waals surface area contributed by atoms with Crippen LogP contribution in [-0.4, -0.2) is 23.1 Å². The molecule has 0 heterocycles. The highest BCUT2D eigenvalue weighted by molar-refractivity contribution is 6.39. The highest BCUT2D eigenvalue weighted by Gasteiger charge is 2.17. The number of hydrogen-bond donors (Lipinski definition) is 0. The molecule has 0 radical (unpaired) electrons. The number of allylic oxidation sites excluding steroid dienone is 1. The Morgan fingerprint density at radius 2 is 2.05 bits per heavy atom. The predicted molar refractivity (Wildman–Crippen MR) is 79.1 cm³/mol. The third-order valence-corrected chi connectivity index (χ3v) is 2.48. The molecule has 0 fully saturated rings. The molecule has 0 aliphatic carbocycles. The minimum Gasteiger partial charge on any atom is -0.453 e. The van der Waals surface area contributed by atoms with Crippen molar-refractivity contribution in [3.8, 4) is 0 Å². The Balaban J connectivity index is 2.52. The third kappa shape index (κ3) is 5.94. The zero-order valence-corrected chi connectivity index (χ0v) is 11.5. The first-order valence-electron chi connectivity index (χ1n) is 6.55. The summed E-state index contributed by atoms with van der Waals surface area (Å²) in [6, 6.07) is 9.42. The Bertz CT molecular complexity index is 527. The quantitative estimate of drug-likeness (QED) is 0.251. The second-order valence-corrected chi connectivity index (χ2v) is 4.09. The van der Waals surface area contributed by atoms with Crippen molar-refractivity contribution in [3.05, 3.63) is 59.7 Å². The number of hydrogen-bond acceptors (Lipinski definition) is 2. The summed E-state index contributed by atoms with van der Waals surface area (Å²) in [5.41, 5.74) is 9.61. The van der Waals surface area contributed by atoms with Crippen LogP contribution >= 0.6 is 0 Å². The first-order valence-corrected chi connectivity index (χ1v) is 6.55. The van der Waals surface area contributed by atoms with E-state index < -0.39 is 5.97 Å². The van der Waals surface area contributed by atoms with Gasteiger partial charge in [0.15, 0.2) is 0 Å². The first kappa shape index (κ1) is 15.6. The number of nitrogens with zero attached hydrogens (tertiary/aromatic N) is 2. The number of carbonyl (C=O) groups is 1. The van der Waals surface area contributed by atoms with Crippen LogP contribution in [0.5, 0.6) is 0 Å². The van der Waals surface area contributed by atoms with Crippen molar-refractivity contribution in [3.63, 3.8) is 0 Å². The van der Waals surface area contributed by atoms with Gasteiger partial charge < -0.3 is 10.3 Å². The van der Waals surface area contributed by atoms with E-state index in [1.165, 1.54) is 6.08 Å². The van der Waals surface area contributed by atoms with Crippen molar-refractivity contribution >= 4 is 17.8 Å². The molecule has 0 aromatic heterocycles. The van der Waals surface area contributed by atoms with E-state index in [2.05, 4.69) is 11.7 Å². The van der Waals surface area contributed by atoms with Crippen LogP contribution < -0.4 is 0 Å². The fourth-order valence-electron chi connectivity index (χ4n) is 1.43. The van der Waals surface area contributed by atoms with Gasteiger partial charge in [0.1, 0.15) is 6.61 Å². The van der Waals surface area contributed by atoms with Gasteiger partial charge in [-0.25, -0.2) is 4.79 Å². The molecule has 0 N–H and O–H groups in total. The van der Waals surface area contributed by atoms with Crippen LogP contribution in [0.2, 0.25) is 0 Å². The van der Waals surface area contributed by atoms with Gasteiger partial charge in [0, 0.05) is 6.08 Å². The van der Waals surface area contributed by atoms with Gasteiger partial charge in [-0.05, 0) is 18.1 Å². The van der Waals surface area contributed by atoms with Crippen molar-refractivity contribution in [2.75, 3.05) is 6.61 Å². The van der Waals surface area contributed by atoms with Crippen molar-refractivity contribution in [1.82, 2.24) is 0 Å². The van der Waals surface area contributed by atoms with E-state index >= 15 is 0 Å². The maximum atomic E-state index is 11.6. The summed E-state index contributed by atoms with van der Waals surface area (Å²) >= 11 is 0. The molecule has 0 spiro atoms. The highest BCUT2D eigenvalue weighted by atomic mass is 16.5. The van der Waals surface area contributed by atoms with E-state index in [1.54, 1.807) is 12.2 Å². The molecule has 1 rings (SSSR count). The lowest BCUT2D eigenvalue weighted by atomic mass is 10.2. The number of ether oxygens (including phenoxy) is 1. The van der Waals surface area contributed by atoms with Gasteiger partial charge in [-0.1, -0.05) is 55.8 Å². The Morgan fingerprint density at radius 3 is 2.70 bits per heavy atom. The fourth-order valence-corrected chi connectivity index (χ4v) is 1.43. The number of esters is 1. The minimum absolute atomic E-state index is 0.127. The van der Waals surface area contributed by atoms with E-state index in [0.29, 0.717) is 0 Å². The Hall–Kier alpha value is -2.45. The minimum atomic E-state index is -0.652. The van der Waals surface area contributed by atoms with Crippen LogP contribution in [0.4, 0.5) is 0 Å². The van der Waals surface area contributed by atoms with E-state index in [-0.39, 0.29) is 12.3 Å². The number of rotatable bonds is 7. The van der Waals surface area contributed by atoms with Crippen molar-refractivity contribution < 1.29 is 14.3 Å². The highest BCUT2D eigenvalue weighted by Crippen LogP contribution is 2.01. The van der Waals surface area contributed by atoms with Crippen LogP contribution in [0.15, 0.2) is 48.6 Å². The van der Waals surface area contributed by atoms with E-state index in [0.717, 1.165) is 18.4 Å². The number of benzene rings is 1. The van der Waals surface area contributed by atoms with Crippen LogP contribution in [-0.2, 0) is 9.53 Å². The van der Waals surface area contributed by atoms with E-state index in [4.69, 9.17) is 10.3 Å². The molecule has 4 nitrogen and oxygen atoms in total. The van der Waals surface area contributed by atoms with Crippen LogP contribution in [0.3, 0.4) is 0 Å². The molecule has 0 aliphatic rings. The lowest BCUT2D eigenvalue weighted by Gasteiger charge is -1.95. The molecule has 1 aromatic rings. The Kier molecular flexibility index (Phi) is 7.39. The monoisotopic (exact) mass is 270 g/mol. The summed E-state index contributed by atoms with van der Waals surface area (Å²) in [5, 5.41) is 0. The van der Waals surface area contributed by atoms with Gasteiger partial charge in [0.25, 0.3) is 0 Å². The normalized spacial score (nSPS) is 10.7.